The third-order valence-corrected chi connectivity index (χ3v) is 4.97. The molecule has 0 saturated carbocycles. The molecule has 1 unspecified atom stereocenters. The molecule has 0 fully saturated rings. The maximum Gasteiger partial charge on any atom is 0.225 e. The van der Waals surface area contributed by atoms with Gasteiger partial charge in [0.05, 0.1) is 22.2 Å². The van der Waals surface area contributed by atoms with Crippen molar-refractivity contribution in [3.8, 4) is 5.75 Å². The molecule has 21 heavy (non-hydrogen) atoms. The number of halogens is 2. The van der Waals surface area contributed by atoms with Crippen molar-refractivity contribution in [1.29, 1.82) is 0 Å². The SMILES string of the molecule is CCOc1ccc([PH](=O)C(=O)c2c(Cl)cccc2Cl)cc1. The number of carbonyl (C=O) groups is 1. The summed E-state index contributed by atoms with van der Waals surface area (Å²) in [5, 5.41) is 0.859. The molecule has 3 nitrogen and oxygen atoms in total. The summed E-state index contributed by atoms with van der Waals surface area (Å²) in [5.74, 6) is 0.666. The first-order valence-electron chi connectivity index (χ1n) is 6.30. The van der Waals surface area contributed by atoms with Crippen molar-refractivity contribution >= 4 is 41.8 Å². The van der Waals surface area contributed by atoms with Crippen LogP contribution in [-0.4, -0.2) is 12.1 Å². The predicted molar refractivity (Wildman–Crippen MR) is 87.0 cm³/mol. The fourth-order valence-electron chi connectivity index (χ4n) is 1.83. The van der Waals surface area contributed by atoms with Crippen LogP contribution >= 0.6 is 31.0 Å². The molecule has 0 radical (unpaired) electrons. The molecule has 2 rings (SSSR count). The monoisotopic (exact) mass is 342 g/mol. The van der Waals surface area contributed by atoms with Crippen LogP contribution in [-0.2, 0) is 4.57 Å². The van der Waals surface area contributed by atoms with Gasteiger partial charge in [0.1, 0.15) is 5.75 Å². The number of benzene rings is 2. The van der Waals surface area contributed by atoms with Gasteiger partial charge in [-0.05, 0) is 43.3 Å². The van der Waals surface area contributed by atoms with Crippen LogP contribution < -0.4 is 10.0 Å². The second-order valence-electron chi connectivity index (χ2n) is 4.21. The van der Waals surface area contributed by atoms with Crippen molar-refractivity contribution in [3.05, 3.63) is 58.1 Å². The normalized spacial score (nSPS) is 12.0. The molecule has 0 N–H and O–H groups in total. The molecule has 0 aliphatic rings. The quantitative estimate of drug-likeness (QED) is 0.755. The zero-order chi connectivity index (χ0) is 15.4. The molecule has 0 aliphatic heterocycles. The van der Waals surface area contributed by atoms with Crippen LogP contribution in [0.1, 0.15) is 17.3 Å². The van der Waals surface area contributed by atoms with E-state index in [1.807, 2.05) is 6.92 Å². The lowest BCUT2D eigenvalue weighted by Crippen LogP contribution is -2.05. The van der Waals surface area contributed by atoms with Gasteiger partial charge in [0.2, 0.25) is 5.52 Å². The Kier molecular flexibility index (Phi) is 5.46. The van der Waals surface area contributed by atoms with Gasteiger partial charge in [-0.3, -0.25) is 4.79 Å². The highest BCUT2D eigenvalue weighted by Crippen LogP contribution is 2.34. The molecule has 110 valence electrons. The van der Waals surface area contributed by atoms with Gasteiger partial charge in [0.15, 0.2) is 7.80 Å². The lowest BCUT2D eigenvalue weighted by molar-refractivity contribution is 0.108. The van der Waals surface area contributed by atoms with Crippen molar-refractivity contribution in [1.82, 2.24) is 0 Å². The third kappa shape index (κ3) is 3.68. The zero-order valence-corrected chi connectivity index (χ0v) is 13.7. The Labute approximate surface area is 133 Å². The van der Waals surface area contributed by atoms with E-state index < -0.39 is 13.3 Å². The Bertz CT molecular complexity index is 664. The van der Waals surface area contributed by atoms with Gasteiger partial charge in [0, 0.05) is 5.30 Å². The van der Waals surface area contributed by atoms with Crippen LogP contribution in [0.5, 0.6) is 5.75 Å². The summed E-state index contributed by atoms with van der Waals surface area (Å²) in [6.07, 6.45) is 0. The van der Waals surface area contributed by atoms with E-state index in [0.29, 0.717) is 17.7 Å². The molecule has 1 atom stereocenters. The van der Waals surface area contributed by atoms with Crippen LogP contribution in [0.15, 0.2) is 42.5 Å². The van der Waals surface area contributed by atoms with Gasteiger partial charge in [-0.15, -0.1) is 0 Å². The summed E-state index contributed by atoms with van der Waals surface area (Å²) < 4.78 is 17.7. The molecule has 0 bridgehead atoms. The Balaban J connectivity index is 2.29. The van der Waals surface area contributed by atoms with Gasteiger partial charge in [0.25, 0.3) is 0 Å². The molecular formula is C15H13Cl2O3P. The van der Waals surface area contributed by atoms with Crippen LogP contribution in [0, 0.1) is 0 Å². The number of hydrogen-bond donors (Lipinski definition) is 0. The Morgan fingerprint density at radius 1 is 1.10 bits per heavy atom. The lowest BCUT2D eigenvalue weighted by Gasteiger charge is -2.07. The maximum absolute atomic E-state index is 12.4. The highest BCUT2D eigenvalue weighted by molar-refractivity contribution is 7.71. The van der Waals surface area contributed by atoms with Crippen molar-refractivity contribution in [2.75, 3.05) is 6.61 Å². The summed E-state index contributed by atoms with van der Waals surface area (Å²) in [5.41, 5.74) is -0.432. The summed E-state index contributed by atoms with van der Waals surface area (Å²) >= 11 is 11.9. The first kappa shape index (κ1) is 16.1. The molecule has 2 aromatic carbocycles. The van der Waals surface area contributed by atoms with Crippen LogP contribution in [0.2, 0.25) is 10.0 Å². The molecule has 0 saturated heterocycles. The van der Waals surface area contributed by atoms with E-state index in [9.17, 15) is 9.36 Å². The highest BCUT2D eigenvalue weighted by Gasteiger charge is 2.21. The van der Waals surface area contributed by atoms with Crippen molar-refractivity contribution in [2.45, 2.75) is 6.92 Å². The van der Waals surface area contributed by atoms with E-state index in [1.54, 1.807) is 42.5 Å². The minimum Gasteiger partial charge on any atom is -0.494 e. The average Bonchev–Trinajstić information content (AvgIpc) is 2.47. The zero-order valence-electron chi connectivity index (χ0n) is 11.2. The van der Waals surface area contributed by atoms with Crippen molar-refractivity contribution < 1.29 is 14.1 Å². The topological polar surface area (TPSA) is 43.4 Å². The molecule has 6 heteroatoms. The minimum absolute atomic E-state index is 0.110. The van der Waals surface area contributed by atoms with E-state index in [-0.39, 0.29) is 15.6 Å². The van der Waals surface area contributed by atoms with E-state index in [2.05, 4.69) is 0 Å². The smallest absolute Gasteiger partial charge is 0.225 e. The lowest BCUT2D eigenvalue weighted by atomic mass is 10.2. The van der Waals surface area contributed by atoms with Crippen LogP contribution in [0.4, 0.5) is 0 Å². The van der Waals surface area contributed by atoms with Crippen molar-refractivity contribution in [2.24, 2.45) is 0 Å². The van der Waals surface area contributed by atoms with Gasteiger partial charge in [-0.1, -0.05) is 29.3 Å². The maximum atomic E-state index is 12.4. The van der Waals surface area contributed by atoms with Gasteiger partial charge >= 0.3 is 0 Å². The fraction of sp³-hybridized carbons (Fsp3) is 0.133. The minimum atomic E-state index is -2.69. The van der Waals surface area contributed by atoms with Crippen LogP contribution in [0.25, 0.3) is 0 Å². The standard InChI is InChI=1S/C15H13Cl2O3P/c1-2-20-10-6-8-11(9-7-10)21(19)15(18)14-12(16)4-3-5-13(14)17/h3-9,21H,2H2,1H3. The molecule has 0 aromatic heterocycles. The highest BCUT2D eigenvalue weighted by atomic mass is 35.5. The second-order valence-corrected chi connectivity index (χ2v) is 6.72. The summed E-state index contributed by atoms with van der Waals surface area (Å²) in [6.45, 7) is 2.42. The first-order valence-corrected chi connectivity index (χ1v) is 8.47. The van der Waals surface area contributed by atoms with Gasteiger partial charge in [-0.25, -0.2) is 0 Å². The summed E-state index contributed by atoms with van der Waals surface area (Å²) in [7, 11) is -2.69. The van der Waals surface area contributed by atoms with E-state index in [4.69, 9.17) is 27.9 Å². The molecule has 2 aromatic rings. The molecule has 0 heterocycles. The summed E-state index contributed by atoms with van der Waals surface area (Å²) in [4.78, 5) is 12.3. The first-order chi connectivity index (χ1) is 10.0. The van der Waals surface area contributed by atoms with E-state index in [0.717, 1.165) is 0 Å². The Morgan fingerprint density at radius 2 is 1.67 bits per heavy atom. The number of ether oxygens (including phenoxy) is 1. The predicted octanol–water partition coefficient (Wildman–Crippen LogP) is 4.42. The summed E-state index contributed by atoms with van der Waals surface area (Å²) in [6, 6.07) is 11.3. The third-order valence-electron chi connectivity index (χ3n) is 2.82. The van der Waals surface area contributed by atoms with Crippen LogP contribution in [0.3, 0.4) is 0 Å². The van der Waals surface area contributed by atoms with E-state index >= 15 is 0 Å². The largest absolute Gasteiger partial charge is 0.494 e. The number of hydrogen-bond acceptors (Lipinski definition) is 3. The van der Waals surface area contributed by atoms with Crippen molar-refractivity contribution in [3.63, 3.8) is 0 Å². The Hall–Kier alpha value is -1.28. The number of carbonyl (C=O) groups excluding carboxylic acids is 1. The molecule has 0 aliphatic carbocycles. The van der Waals surface area contributed by atoms with Gasteiger partial charge < -0.3 is 9.30 Å². The molecule has 0 amide bonds. The number of rotatable bonds is 5. The average molecular weight is 343 g/mol. The molecular weight excluding hydrogens is 330 g/mol. The second kappa shape index (κ2) is 7.13. The Morgan fingerprint density at radius 3 is 2.19 bits per heavy atom. The van der Waals surface area contributed by atoms with E-state index in [1.165, 1.54) is 0 Å². The molecule has 0 spiro atoms. The fourth-order valence-corrected chi connectivity index (χ4v) is 3.78. The van der Waals surface area contributed by atoms with Gasteiger partial charge in [-0.2, -0.15) is 0 Å².